The fourth-order valence-corrected chi connectivity index (χ4v) is 3.07. The number of benzene rings is 2. The highest BCUT2D eigenvalue weighted by Crippen LogP contribution is 2.20. The molecule has 0 aliphatic rings. The molecule has 0 amide bonds. The Morgan fingerprint density at radius 3 is 2.52 bits per heavy atom. The zero-order valence-corrected chi connectivity index (χ0v) is 12.4. The van der Waals surface area contributed by atoms with Crippen LogP contribution in [0, 0.1) is 6.92 Å². The second kappa shape index (κ2) is 5.66. The molecular formula is C17H14O3S. The zero-order valence-electron chi connectivity index (χ0n) is 11.5. The molecule has 3 aromatic rings. The van der Waals surface area contributed by atoms with Crippen LogP contribution in [0.15, 0.2) is 63.9 Å². The fourth-order valence-electron chi connectivity index (χ4n) is 2.08. The van der Waals surface area contributed by atoms with Gasteiger partial charge in [0, 0.05) is 10.3 Å². The lowest BCUT2D eigenvalue weighted by atomic mass is 10.2. The molecule has 1 atom stereocenters. The minimum absolute atomic E-state index is 0.0666. The molecule has 2 aromatic carbocycles. The lowest BCUT2D eigenvalue weighted by Gasteiger charge is -2.01. The second-order valence-corrected chi connectivity index (χ2v) is 6.33. The van der Waals surface area contributed by atoms with Crippen molar-refractivity contribution in [3.05, 3.63) is 65.9 Å². The normalized spacial score (nSPS) is 12.4. The highest BCUT2D eigenvalue weighted by Gasteiger charge is 2.16. The predicted molar refractivity (Wildman–Crippen MR) is 83.0 cm³/mol. The van der Waals surface area contributed by atoms with E-state index >= 15 is 0 Å². The molecule has 1 unspecified atom stereocenters. The van der Waals surface area contributed by atoms with E-state index < -0.39 is 10.8 Å². The summed E-state index contributed by atoms with van der Waals surface area (Å²) in [5, 5.41) is 0.877. The van der Waals surface area contributed by atoms with Crippen molar-refractivity contribution < 1.29 is 13.4 Å². The number of carbonyl (C=O) groups excluding carboxylic acids is 1. The van der Waals surface area contributed by atoms with Crippen molar-refractivity contribution in [2.75, 3.05) is 5.75 Å². The summed E-state index contributed by atoms with van der Waals surface area (Å²) in [6.45, 7) is 1.96. The number of Topliss-reactive ketones (excluding diaryl/α,β-unsaturated/α-hetero) is 1. The van der Waals surface area contributed by atoms with Crippen LogP contribution in [0.25, 0.3) is 11.0 Å². The van der Waals surface area contributed by atoms with E-state index in [1.54, 1.807) is 18.2 Å². The van der Waals surface area contributed by atoms with Gasteiger partial charge in [0.1, 0.15) is 5.58 Å². The van der Waals surface area contributed by atoms with Crippen LogP contribution in [0.2, 0.25) is 0 Å². The van der Waals surface area contributed by atoms with E-state index in [9.17, 15) is 9.00 Å². The van der Waals surface area contributed by atoms with Crippen LogP contribution in [0.4, 0.5) is 0 Å². The van der Waals surface area contributed by atoms with Crippen LogP contribution >= 0.6 is 0 Å². The Morgan fingerprint density at radius 1 is 1.10 bits per heavy atom. The molecule has 0 spiro atoms. The summed E-state index contributed by atoms with van der Waals surface area (Å²) in [6, 6.07) is 16.5. The quantitative estimate of drug-likeness (QED) is 0.689. The first kappa shape index (κ1) is 13.8. The number of hydrogen-bond acceptors (Lipinski definition) is 3. The maximum absolute atomic E-state index is 12.2. The van der Waals surface area contributed by atoms with Crippen molar-refractivity contribution >= 4 is 27.6 Å². The van der Waals surface area contributed by atoms with Crippen molar-refractivity contribution in [1.29, 1.82) is 0 Å². The van der Waals surface area contributed by atoms with Crippen molar-refractivity contribution in [3.8, 4) is 0 Å². The van der Waals surface area contributed by atoms with Gasteiger partial charge in [0.2, 0.25) is 5.78 Å². The van der Waals surface area contributed by atoms with Crippen LogP contribution < -0.4 is 0 Å². The van der Waals surface area contributed by atoms with Gasteiger partial charge in [-0.1, -0.05) is 35.9 Å². The van der Waals surface area contributed by atoms with Crippen LogP contribution in [0.5, 0.6) is 0 Å². The van der Waals surface area contributed by atoms with Gasteiger partial charge in [-0.15, -0.1) is 0 Å². The van der Waals surface area contributed by atoms with E-state index in [-0.39, 0.29) is 17.3 Å². The number of para-hydroxylation sites is 1. The SMILES string of the molecule is Cc1ccc(S(=O)CC(=O)c2cc3ccccc3o2)cc1. The summed E-state index contributed by atoms with van der Waals surface area (Å²) >= 11 is 0. The number of aryl methyl sites for hydroxylation is 1. The van der Waals surface area contributed by atoms with Gasteiger partial charge in [-0.25, -0.2) is 0 Å². The predicted octanol–water partition coefficient (Wildman–Crippen LogP) is 3.73. The maximum Gasteiger partial charge on any atom is 0.210 e. The van der Waals surface area contributed by atoms with E-state index in [1.165, 1.54) is 0 Å². The molecule has 3 nitrogen and oxygen atoms in total. The van der Waals surface area contributed by atoms with Crippen LogP contribution in [0.3, 0.4) is 0 Å². The molecule has 0 N–H and O–H groups in total. The molecule has 0 fully saturated rings. The number of ketones is 1. The minimum Gasteiger partial charge on any atom is -0.453 e. The Morgan fingerprint density at radius 2 is 1.81 bits per heavy atom. The van der Waals surface area contributed by atoms with Gasteiger partial charge < -0.3 is 4.42 Å². The molecule has 0 saturated carbocycles. The Balaban J connectivity index is 1.79. The van der Waals surface area contributed by atoms with Crippen molar-refractivity contribution in [3.63, 3.8) is 0 Å². The lowest BCUT2D eigenvalue weighted by Crippen LogP contribution is -2.10. The molecule has 1 aromatic heterocycles. The van der Waals surface area contributed by atoms with Gasteiger partial charge in [0.05, 0.1) is 16.6 Å². The Hall–Kier alpha value is -2.20. The van der Waals surface area contributed by atoms with Gasteiger partial charge in [-0.3, -0.25) is 9.00 Å². The standard InChI is InChI=1S/C17H14O3S/c1-12-6-8-14(9-7-12)21(19)11-15(18)17-10-13-4-2-3-5-16(13)20-17/h2-10H,11H2,1H3. The van der Waals surface area contributed by atoms with Crippen molar-refractivity contribution in [2.24, 2.45) is 0 Å². The average molecular weight is 298 g/mol. The molecule has 0 aliphatic carbocycles. The number of rotatable bonds is 4. The molecule has 4 heteroatoms. The first-order valence-corrected chi connectivity index (χ1v) is 7.92. The Bertz CT molecular complexity index is 782. The highest BCUT2D eigenvalue weighted by atomic mass is 32.2. The van der Waals surface area contributed by atoms with Gasteiger partial charge in [-0.2, -0.15) is 0 Å². The van der Waals surface area contributed by atoms with Gasteiger partial charge in [0.25, 0.3) is 0 Å². The van der Waals surface area contributed by atoms with Crippen LogP contribution in [-0.4, -0.2) is 15.7 Å². The van der Waals surface area contributed by atoms with E-state index in [1.807, 2.05) is 43.3 Å². The molecule has 0 saturated heterocycles. The number of carbonyl (C=O) groups is 1. The number of furan rings is 1. The van der Waals surface area contributed by atoms with Crippen LogP contribution in [0.1, 0.15) is 16.1 Å². The molecule has 1 heterocycles. The third-order valence-corrected chi connectivity index (χ3v) is 4.57. The summed E-state index contributed by atoms with van der Waals surface area (Å²) in [4.78, 5) is 12.8. The fraction of sp³-hybridized carbons (Fsp3) is 0.118. The number of fused-ring (bicyclic) bond motifs is 1. The summed E-state index contributed by atoms with van der Waals surface area (Å²) in [7, 11) is -1.35. The molecule has 106 valence electrons. The highest BCUT2D eigenvalue weighted by molar-refractivity contribution is 7.85. The monoisotopic (exact) mass is 298 g/mol. The van der Waals surface area contributed by atoms with E-state index in [0.717, 1.165) is 10.9 Å². The van der Waals surface area contributed by atoms with Crippen molar-refractivity contribution in [2.45, 2.75) is 11.8 Å². The molecular weight excluding hydrogens is 284 g/mol. The van der Waals surface area contributed by atoms with E-state index in [4.69, 9.17) is 4.42 Å². The summed E-state index contributed by atoms with van der Waals surface area (Å²) in [5.41, 5.74) is 1.77. The first-order valence-electron chi connectivity index (χ1n) is 6.60. The zero-order chi connectivity index (χ0) is 14.8. The average Bonchev–Trinajstić information content (AvgIpc) is 2.92. The maximum atomic E-state index is 12.2. The molecule has 21 heavy (non-hydrogen) atoms. The minimum atomic E-state index is -1.35. The Kier molecular flexibility index (Phi) is 3.71. The van der Waals surface area contributed by atoms with Gasteiger partial charge >= 0.3 is 0 Å². The third-order valence-electron chi connectivity index (χ3n) is 3.25. The molecule has 3 rings (SSSR count). The summed E-state index contributed by atoms with van der Waals surface area (Å²) < 4.78 is 17.7. The van der Waals surface area contributed by atoms with E-state index in [0.29, 0.717) is 10.5 Å². The topological polar surface area (TPSA) is 47.3 Å². The molecule has 0 aliphatic heterocycles. The van der Waals surface area contributed by atoms with Crippen LogP contribution in [-0.2, 0) is 10.8 Å². The smallest absolute Gasteiger partial charge is 0.210 e. The lowest BCUT2D eigenvalue weighted by molar-refractivity contribution is 0.0993. The first-order chi connectivity index (χ1) is 10.1. The van der Waals surface area contributed by atoms with Gasteiger partial charge in [-0.05, 0) is 31.2 Å². The molecule has 0 radical (unpaired) electrons. The third kappa shape index (κ3) is 2.95. The summed E-state index contributed by atoms with van der Waals surface area (Å²) in [6.07, 6.45) is 0. The summed E-state index contributed by atoms with van der Waals surface area (Å²) in [5.74, 6) is -0.0511. The van der Waals surface area contributed by atoms with E-state index in [2.05, 4.69) is 0 Å². The van der Waals surface area contributed by atoms with Gasteiger partial charge in [0.15, 0.2) is 5.76 Å². The number of hydrogen-bond donors (Lipinski definition) is 0. The second-order valence-electron chi connectivity index (χ2n) is 4.87. The largest absolute Gasteiger partial charge is 0.453 e. The Labute approximate surface area is 125 Å². The molecule has 0 bridgehead atoms. The van der Waals surface area contributed by atoms with Crippen molar-refractivity contribution in [1.82, 2.24) is 0 Å².